The number of hydrogen-bond acceptors (Lipinski definition) is 5. The first-order valence-electron chi connectivity index (χ1n) is 6.85. The summed E-state index contributed by atoms with van der Waals surface area (Å²) in [6.45, 7) is 0. The van der Waals surface area contributed by atoms with Gasteiger partial charge in [0.25, 0.3) is 0 Å². The van der Waals surface area contributed by atoms with E-state index in [1.807, 2.05) is 24.3 Å². The Balaban J connectivity index is 1.72. The Morgan fingerprint density at radius 3 is 2.62 bits per heavy atom. The molecule has 1 aliphatic carbocycles. The van der Waals surface area contributed by atoms with Crippen molar-refractivity contribution in [1.29, 1.82) is 0 Å². The molecule has 1 fully saturated rings. The molecule has 1 heterocycles. The quantitative estimate of drug-likeness (QED) is 0.811. The fourth-order valence-electron chi connectivity index (χ4n) is 2.19. The maximum Gasteiger partial charge on any atom is 0.249 e. The number of nitrogens with zero attached hydrogens (tertiary/aromatic N) is 3. The molecule has 0 saturated heterocycles. The molecule has 0 N–H and O–H groups in total. The van der Waals surface area contributed by atoms with Crippen molar-refractivity contribution in [3.63, 3.8) is 0 Å². The van der Waals surface area contributed by atoms with Crippen molar-refractivity contribution in [3.8, 4) is 5.75 Å². The molecule has 7 heteroatoms. The molecule has 0 aliphatic heterocycles. The standard InChI is InChI=1S/C14H17N3O3S/c1-20-13-6-2-11(3-7-13)8-9-21(18,19)14-16-15-10-17(14)12-4-5-12/h2-3,6-7,10,12H,4-5,8-9H2,1H3. The van der Waals surface area contributed by atoms with E-state index in [9.17, 15) is 8.42 Å². The van der Waals surface area contributed by atoms with Gasteiger partial charge in [0.05, 0.1) is 12.9 Å². The normalized spacial score (nSPS) is 15.1. The lowest BCUT2D eigenvalue weighted by molar-refractivity contribution is 0.414. The highest BCUT2D eigenvalue weighted by Crippen LogP contribution is 2.36. The van der Waals surface area contributed by atoms with Gasteiger partial charge in [-0.05, 0) is 37.0 Å². The number of methoxy groups -OCH3 is 1. The van der Waals surface area contributed by atoms with Crippen molar-refractivity contribution in [2.45, 2.75) is 30.5 Å². The predicted molar refractivity (Wildman–Crippen MR) is 77.0 cm³/mol. The first-order valence-corrected chi connectivity index (χ1v) is 8.50. The smallest absolute Gasteiger partial charge is 0.249 e. The van der Waals surface area contributed by atoms with Gasteiger partial charge in [-0.1, -0.05) is 12.1 Å². The molecule has 1 aliphatic rings. The predicted octanol–water partition coefficient (Wildman–Crippen LogP) is 1.64. The SMILES string of the molecule is COc1ccc(CCS(=O)(=O)c2nncn2C2CC2)cc1. The van der Waals surface area contributed by atoms with E-state index >= 15 is 0 Å². The summed E-state index contributed by atoms with van der Waals surface area (Å²) in [5, 5.41) is 7.63. The third-order valence-corrected chi connectivity index (χ3v) is 5.17. The molecule has 1 aromatic carbocycles. The first-order chi connectivity index (χ1) is 10.1. The van der Waals surface area contributed by atoms with Gasteiger partial charge < -0.3 is 9.30 Å². The Labute approximate surface area is 123 Å². The largest absolute Gasteiger partial charge is 0.497 e. The highest BCUT2D eigenvalue weighted by molar-refractivity contribution is 7.91. The monoisotopic (exact) mass is 307 g/mol. The van der Waals surface area contributed by atoms with Gasteiger partial charge >= 0.3 is 0 Å². The maximum atomic E-state index is 12.4. The van der Waals surface area contributed by atoms with Gasteiger partial charge in [-0.3, -0.25) is 0 Å². The molecule has 3 rings (SSSR count). The molecule has 2 aromatic rings. The second-order valence-corrected chi connectivity index (χ2v) is 7.17. The number of benzene rings is 1. The average molecular weight is 307 g/mol. The third kappa shape index (κ3) is 3.07. The van der Waals surface area contributed by atoms with Crippen LogP contribution in [0.3, 0.4) is 0 Å². The molecule has 0 atom stereocenters. The fraction of sp³-hybridized carbons (Fsp3) is 0.429. The molecular weight excluding hydrogens is 290 g/mol. The maximum absolute atomic E-state index is 12.4. The van der Waals surface area contributed by atoms with Crippen LogP contribution in [0, 0.1) is 0 Å². The number of ether oxygens (including phenoxy) is 1. The van der Waals surface area contributed by atoms with E-state index in [0.29, 0.717) is 6.42 Å². The third-order valence-electron chi connectivity index (χ3n) is 3.58. The zero-order valence-electron chi connectivity index (χ0n) is 11.8. The molecule has 112 valence electrons. The van der Waals surface area contributed by atoms with Gasteiger partial charge in [0.15, 0.2) is 0 Å². The van der Waals surface area contributed by atoms with E-state index in [0.717, 1.165) is 24.2 Å². The van der Waals surface area contributed by atoms with Gasteiger partial charge in [0.2, 0.25) is 15.0 Å². The summed E-state index contributed by atoms with van der Waals surface area (Å²) in [5.74, 6) is 0.792. The van der Waals surface area contributed by atoms with Crippen LogP contribution in [0.15, 0.2) is 35.7 Å². The van der Waals surface area contributed by atoms with Crippen LogP contribution in [0.4, 0.5) is 0 Å². The molecule has 0 radical (unpaired) electrons. The molecule has 0 bridgehead atoms. The lowest BCUT2D eigenvalue weighted by Gasteiger charge is -2.06. The van der Waals surface area contributed by atoms with Crippen LogP contribution < -0.4 is 4.74 Å². The Morgan fingerprint density at radius 2 is 2.00 bits per heavy atom. The van der Waals surface area contributed by atoms with Crippen molar-refractivity contribution in [2.24, 2.45) is 0 Å². The number of rotatable bonds is 6. The highest BCUT2D eigenvalue weighted by Gasteiger charge is 2.31. The summed E-state index contributed by atoms with van der Waals surface area (Å²) in [6, 6.07) is 7.66. The minimum atomic E-state index is -3.41. The number of aryl methyl sites for hydroxylation is 1. The molecule has 1 saturated carbocycles. The lowest BCUT2D eigenvalue weighted by Crippen LogP contribution is -2.15. The van der Waals surface area contributed by atoms with E-state index < -0.39 is 9.84 Å². The van der Waals surface area contributed by atoms with Crippen molar-refractivity contribution in [1.82, 2.24) is 14.8 Å². The van der Waals surface area contributed by atoms with Gasteiger partial charge in [-0.25, -0.2) is 8.42 Å². The van der Waals surface area contributed by atoms with Crippen molar-refractivity contribution >= 4 is 9.84 Å². The molecule has 0 amide bonds. The van der Waals surface area contributed by atoms with Gasteiger partial charge in [-0.2, -0.15) is 0 Å². The Kier molecular flexibility index (Phi) is 3.67. The number of aromatic nitrogens is 3. The molecular formula is C14H17N3O3S. The Morgan fingerprint density at radius 1 is 1.29 bits per heavy atom. The second kappa shape index (κ2) is 5.48. The molecule has 0 unspecified atom stereocenters. The Hall–Kier alpha value is -1.89. The summed E-state index contributed by atoms with van der Waals surface area (Å²) in [7, 11) is -1.81. The first kappa shape index (κ1) is 14.1. The van der Waals surface area contributed by atoms with Crippen LogP contribution in [0.1, 0.15) is 24.4 Å². The fourth-order valence-corrected chi connectivity index (χ4v) is 3.57. The zero-order chi connectivity index (χ0) is 14.9. The summed E-state index contributed by atoms with van der Waals surface area (Å²) in [5.41, 5.74) is 0.955. The zero-order valence-corrected chi connectivity index (χ0v) is 12.6. The van der Waals surface area contributed by atoms with Crippen LogP contribution in [0.25, 0.3) is 0 Å². The van der Waals surface area contributed by atoms with E-state index in [4.69, 9.17) is 4.74 Å². The van der Waals surface area contributed by atoms with Gasteiger partial charge in [0, 0.05) is 6.04 Å². The van der Waals surface area contributed by atoms with Gasteiger partial charge in [0.1, 0.15) is 12.1 Å². The van der Waals surface area contributed by atoms with Crippen LogP contribution in [-0.2, 0) is 16.3 Å². The summed E-state index contributed by atoms with van der Waals surface area (Å²) in [6.07, 6.45) is 3.96. The molecule has 1 aromatic heterocycles. The van der Waals surface area contributed by atoms with Crippen LogP contribution in [0.2, 0.25) is 0 Å². The number of sulfone groups is 1. The summed E-state index contributed by atoms with van der Waals surface area (Å²) in [4.78, 5) is 0. The van der Waals surface area contributed by atoms with Crippen molar-refractivity contribution in [3.05, 3.63) is 36.2 Å². The minimum absolute atomic E-state index is 0.0325. The van der Waals surface area contributed by atoms with Crippen LogP contribution in [0.5, 0.6) is 5.75 Å². The van der Waals surface area contributed by atoms with Crippen molar-refractivity contribution < 1.29 is 13.2 Å². The number of hydrogen-bond donors (Lipinski definition) is 0. The van der Waals surface area contributed by atoms with E-state index in [1.54, 1.807) is 11.7 Å². The van der Waals surface area contributed by atoms with Gasteiger partial charge in [-0.15, -0.1) is 10.2 Å². The summed E-state index contributed by atoms with van der Waals surface area (Å²) >= 11 is 0. The van der Waals surface area contributed by atoms with Crippen molar-refractivity contribution in [2.75, 3.05) is 12.9 Å². The van der Waals surface area contributed by atoms with E-state index in [1.165, 1.54) is 6.33 Å². The van der Waals surface area contributed by atoms with Crippen LogP contribution >= 0.6 is 0 Å². The molecule has 21 heavy (non-hydrogen) atoms. The second-order valence-electron chi connectivity index (χ2n) is 5.17. The highest BCUT2D eigenvalue weighted by atomic mass is 32.2. The van der Waals surface area contributed by atoms with E-state index in [2.05, 4.69) is 10.2 Å². The minimum Gasteiger partial charge on any atom is -0.497 e. The lowest BCUT2D eigenvalue weighted by atomic mass is 10.2. The van der Waals surface area contributed by atoms with E-state index in [-0.39, 0.29) is 17.0 Å². The molecule has 6 nitrogen and oxygen atoms in total. The topological polar surface area (TPSA) is 74.1 Å². The summed E-state index contributed by atoms with van der Waals surface area (Å²) < 4.78 is 31.6. The average Bonchev–Trinajstić information content (AvgIpc) is 3.22. The molecule has 0 spiro atoms. The van der Waals surface area contributed by atoms with Crippen LogP contribution in [-0.4, -0.2) is 36.0 Å². The Bertz CT molecular complexity index is 718.